The molecule has 1 atom stereocenters. The summed E-state index contributed by atoms with van der Waals surface area (Å²) < 4.78 is 5.80. The number of amides is 2. The van der Waals surface area contributed by atoms with E-state index in [0.29, 0.717) is 35.0 Å². The zero-order chi connectivity index (χ0) is 22.1. The third-order valence-electron chi connectivity index (χ3n) is 4.74. The minimum atomic E-state index is -0.742. The predicted octanol–water partition coefficient (Wildman–Crippen LogP) is 5.11. The van der Waals surface area contributed by atoms with Gasteiger partial charge in [-0.15, -0.1) is 0 Å². The van der Waals surface area contributed by atoms with Crippen LogP contribution in [0.15, 0.2) is 78.9 Å². The molecule has 160 valence electrons. The lowest BCUT2D eigenvalue weighted by Gasteiger charge is -2.19. The van der Waals surface area contributed by atoms with Crippen molar-refractivity contribution in [3.8, 4) is 5.75 Å². The van der Waals surface area contributed by atoms with E-state index in [1.54, 1.807) is 48.5 Å². The lowest BCUT2D eigenvalue weighted by atomic mass is 10.1. The lowest BCUT2D eigenvalue weighted by Crippen LogP contribution is -2.33. The van der Waals surface area contributed by atoms with Gasteiger partial charge in [0.25, 0.3) is 11.8 Å². The normalized spacial score (nSPS) is 11.4. The first-order valence-corrected chi connectivity index (χ1v) is 10.6. The standard InChI is InChI=1S/C25H25ClN2O3/c1-2-22(31-23-15-9-7-13-20(23)26)25(30)28-21-14-8-6-12-19(21)24(29)27-17-16-18-10-4-3-5-11-18/h3-15,22H,2,16-17H2,1H3,(H,27,29)(H,28,30)/t22-/m1/s1. The van der Waals surface area contributed by atoms with Crippen molar-refractivity contribution >= 4 is 29.1 Å². The van der Waals surface area contributed by atoms with Gasteiger partial charge < -0.3 is 15.4 Å². The average Bonchev–Trinajstić information content (AvgIpc) is 2.79. The summed E-state index contributed by atoms with van der Waals surface area (Å²) in [5, 5.41) is 6.17. The van der Waals surface area contributed by atoms with E-state index in [-0.39, 0.29) is 11.8 Å². The van der Waals surface area contributed by atoms with E-state index in [2.05, 4.69) is 10.6 Å². The van der Waals surface area contributed by atoms with Crippen molar-refractivity contribution < 1.29 is 14.3 Å². The topological polar surface area (TPSA) is 67.4 Å². The summed E-state index contributed by atoms with van der Waals surface area (Å²) in [5.41, 5.74) is 1.98. The molecule has 3 aromatic rings. The SMILES string of the molecule is CC[C@@H](Oc1ccccc1Cl)C(=O)Nc1ccccc1C(=O)NCCc1ccccc1. The zero-order valence-electron chi connectivity index (χ0n) is 17.3. The number of carbonyl (C=O) groups is 2. The van der Waals surface area contributed by atoms with Gasteiger partial charge in [-0.05, 0) is 42.7 Å². The Morgan fingerprint density at radius 3 is 2.35 bits per heavy atom. The Morgan fingerprint density at radius 1 is 0.935 bits per heavy atom. The molecule has 6 heteroatoms. The fourth-order valence-electron chi connectivity index (χ4n) is 3.08. The number of benzene rings is 3. The maximum absolute atomic E-state index is 12.8. The highest BCUT2D eigenvalue weighted by molar-refractivity contribution is 6.32. The van der Waals surface area contributed by atoms with Gasteiger partial charge in [0.05, 0.1) is 16.3 Å². The molecule has 0 saturated heterocycles. The maximum atomic E-state index is 12.8. The smallest absolute Gasteiger partial charge is 0.265 e. The van der Waals surface area contributed by atoms with E-state index in [0.717, 1.165) is 12.0 Å². The number of hydrogen-bond donors (Lipinski definition) is 2. The fraction of sp³-hybridized carbons (Fsp3) is 0.200. The van der Waals surface area contributed by atoms with E-state index in [4.69, 9.17) is 16.3 Å². The van der Waals surface area contributed by atoms with Crippen LogP contribution in [0.1, 0.15) is 29.3 Å². The van der Waals surface area contributed by atoms with Crippen molar-refractivity contribution in [1.29, 1.82) is 0 Å². The summed E-state index contributed by atoms with van der Waals surface area (Å²) in [5.74, 6) is -0.142. The highest BCUT2D eigenvalue weighted by atomic mass is 35.5. The summed E-state index contributed by atoms with van der Waals surface area (Å²) in [6.07, 6.45) is 0.432. The second-order valence-electron chi connectivity index (χ2n) is 6.97. The summed E-state index contributed by atoms with van der Waals surface area (Å²) in [7, 11) is 0. The number of nitrogens with one attached hydrogen (secondary N) is 2. The van der Waals surface area contributed by atoms with Crippen molar-refractivity contribution in [2.75, 3.05) is 11.9 Å². The maximum Gasteiger partial charge on any atom is 0.265 e. The molecule has 2 amide bonds. The predicted molar refractivity (Wildman–Crippen MR) is 124 cm³/mol. The first kappa shape index (κ1) is 22.4. The quantitative estimate of drug-likeness (QED) is 0.490. The first-order chi connectivity index (χ1) is 15.1. The Labute approximate surface area is 187 Å². The molecule has 0 aliphatic heterocycles. The number of anilines is 1. The summed E-state index contributed by atoms with van der Waals surface area (Å²) in [4.78, 5) is 25.5. The van der Waals surface area contributed by atoms with Gasteiger partial charge in [0, 0.05) is 6.54 Å². The van der Waals surface area contributed by atoms with Crippen LogP contribution in [0.4, 0.5) is 5.69 Å². The Morgan fingerprint density at radius 2 is 1.61 bits per heavy atom. The molecule has 0 unspecified atom stereocenters. The van der Waals surface area contributed by atoms with Crippen molar-refractivity contribution in [3.63, 3.8) is 0 Å². The monoisotopic (exact) mass is 436 g/mol. The highest BCUT2D eigenvalue weighted by Gasteiger charge is 2.21. The van der Waals surface area contributed by atoms with Gasteiger partial charge in [-0.25, -0.2) is 0 Å². The molecule has 0 aliphatic rings. The molecule has 0 aromatic heterocycles. The largest absolute Gasteiger partial charge is 0.479 e. The lowest BCUT2D eigenvalue weighted by molar-refractivity contribution is -0.122. The van der Waals surface area contributed by atoms with Gasteiger partial charge in [-0.2, -0.15) is 0 Å². The molecule has 3 aromatic carbocycles. The van der Waals surface area contributed by atoms with Crippen molar-refractivity contribution in [3.05, 3.63) is 95.0 Å². The summed E-state index contributed by atoms with van der Waals surface area (Å²) in [6.45, 7) is 2.35. The molecular weight excluding hydrogens is 412 g/mol. The van der Waals surface area contributed by atoms with Crippen LogP contribution in [-0.2, 0) is 11.2 Å². The fourth-order valence-corrected chi connectivity index (χ4v) is 3.26. The van der Waals surface area contributed by atoms with Gasteiger partial charge in [0.2, 0.25) is 0 Å². The molecule has 5 nitrogen and oxygen atoms in total. The van der Waals surface area contributed by atoms with Crippen LogP contribution in [-0.4, -0.2) is 24.5 Å². The van der Waals surface area contributed by atoms with Crippen molar-refractivity contribution in [2.24, 2.45) is 0 Å². The minimum Gasteiger partial charge on any atom is -0.479 e. The van der Waals surface area contributed by atoms with Gasteiger partial charge in [0.15, 0.2) is 6.10 Å². The van der Waals surface area contributed by atoms with Gasteiger partial charge in [-0.3, -0.25) is 9.59 Å². The molecule has 0 saturated carbocycles. The molecule has 0 bridgehead atoms. The highest BCUT2D eigenvalue weighted by Crippen LogP contribution is 2.25. The van der Waals surface area contributed by atoms with Crippen LogP contribution in [0.5, 0.6) is 5.75 Å². The Hall–Kier alpha value is -3.31. The summed E-state index contributed by atoms with van der Waals surface area (Å²) >= 11 is 6.14. The van der Waals surface area contributed by atoms with E-state index < -0.39 is 6.10 Å². The Balaban J connectivity index is 1.64. The van der Waals surface area contributed by atoms with E-state index in [9.17, 15) is 9.59 Å². The van der Waals surface area contributed by atoms with Crippen molar-refractivity contribution in [1.82, 2.24) is 5.32 Å². The number of carbonyl (C=O) groups excluding carboxylic acids is 2. The first-order valence-electron chi connectivity index (χ1n) is 10.2. The molecular formula is C25H25ClN2O3. The number of hydrogen-bond acceptors (Lipinski definition) is 3. The van der Waals surface area contributed by atoms with Crippen LogP contribution in [0.25, 0.3) is 0 Å². The molecule has 0 heterocycles. The van der Waals surface area contributed by atoms with Crippen LogP contribution in [0.3, 0.4) is 0 Å². The van der Waals surface area contributed by atoms with Crippen LogP contribution in [0, 0.1) is 0 Å². The second kappa shape index (κ2) is 11.2. The van der Waals surface area contributed by atoms with Crippen LogP contribution >= 0.6 is 11.6 Å². The third kappa shape index (κ3) is 6.33. The van der Waals surface area contributed by atoms with Crippen molar-refractivity contribution in [2.45, 2.75) is 25.9 Å². The zero-order valence-corrected chi connectivity index (χ0v) is 18.1. The molecule has 0 fully saturated rings. The third-order valence-corrected chi connectivity index (χ3v) is 5.05. The molecule has 0 spiro atoms. The molecule has 2 N–H and O–H groups in total. The van der Waals surface area contributed by atoms with E-state index in [1.807, 2.05) is 37.3 Å². The summed E-state index contributed by atoms with van der Waals surface area (Å²) in [6, 6.07) is 23.9. The Bertz CT molecular complexity index is 1020. The van der Waals surface area contributed by atoms with Gasteiger partial charge >= 0.3 is 0 Å². The second-order valence-corrected chi connectivity index (χ2v) is 7.38. The number of halogens is 1. The molecule has 0 radical (unpaired) electrons. The van der Waals surface area contributed by atoms with E-state index in [1.165, 1.54) is 0 Å². The Kier molecular flexibility index (Phi) is 8.07. The number of ether oxygens (including phenoxy) is 1. The van der Waals surface area contributed by atoms with Gasteiger partial charge in [0.1, 0.15) is 5.75 Å². The molecule has 3 rings (SSSR count). The molecule has 31 heavy (non-hydrogen) atoms. The van der Waals surface area contributed by atoms with Crippen LogP contribution in [0.2, 0.25) is 5.02 Å². The molecule has 0 aliphatic carbocycles. The van der Waals surface area contributed by atoms with Gasteiger partial charge in [-0.1, -0.05) is 73.1 Å². The van der Waals surface area contributed by atoms with E-state index >= 15 is 0 Å². The van der Waals surface area contributed by atoms with Crippen LogP contribution < -0.4 is 15.4 Å². The minimum absolute atomic E-state index is 0.244. The number of rotatable bonds is 9. The number of para-hydroxylation sites is 2. The average molecular weight is 437 g/mol.